The number of anilines is 1. The van der Waals surface area contributed by atoms with Gasteiger partial charge in [-0.15, -0.1) is 0 Å². The van der Waals surface area contributed by atoms with Gasteiger partial charge >= 0.3 is 0 Å². The highest BCUT2D eigenvalue weighted by Gasteiger charge is 2.17. The zero-order valence-electron chi connectivity index (χ0n) is 17.9. The molecule has 1 N–H and O–H groups in total. The number of benzene rings is 3. The Morgan fingerprint density at radius 2 is 1.56 bits per heavy atom. The van der Waals surface area contributed by atoms with Crippen LogP contribution in [0.1, 0.15) is 23.1 Å². The van der Waals surface area contributed by atoms with Crippen LogP contribution < -0.4 is 10.1 Å². The molecule has 0 bridgehead atoms. The van der Waals surface area contributed by atoms with Crippen LogP contribution in [0.5, 0.6) is 5.75 Å². The van der Waals surface area contributed by atoms with Crippen molar-refractivity contribution in [2.24, 2.45) is 7.05 Å². The summed E-state index contributed by atoms with van der Waals surface area (Å²) in [7, 11) is 1.77. The molecule has 4 rings (SSSR count). The molecule has 160 valence electrons. The number of amides is 1. The van der Waals surface area contributed by atoms with Gasteiger partial charge in [-0.05, 0) is 54.4 Å². The normalized spacial score (nSPS) is 11.6. The number of aryl methyl sites for hydroxylation is 1. The van der Waals surface area contributed by atoms with Gasteiger partial charge in [-0.1, -0.05) is 42.5 Å². The highest BCUT2D eigenvalue weighted by Crippen LogP contribution is 2.23. The third-order valence-electron chi connectivity index (χ3n) is 5.08. The van der Waals surface area contributed by atoms with E-state index in [4.69, 9.17) is 4.74 Å². The fraction of sp³-hybridized carbons (Fsp3) is 0.115. The average Bonchev–Trinajstić information content (AvgIpc) is 3.26. The van der Waals surface area contributed by atoms with Crippen molar-refractivity contribution in [3.63, 3.8) is 0 Å². The Labute approximate surface area is 186 Å². The second-order valence-corrected chi connectivity index (χ2v) is 7.41. The molecular weight excluding hydrogens is 402 g/mol. The number of carbonyl (C=O) groups is 2. The third kappa shape index (κ3) is 4.75. The predicted octanol–water partition coefficient (Wildman–Crippen LogP) is 4.72. The van der Waals surface area contributed by atoms with Crippen molar-refractivity contribution in [3.8, 4) is 16.9 Å². The minimum absolute atomic E-state index is 0.175. The van der Waals surface area contributed by atoms with Crippen molar-refractivity contribution in [1.29, 1.82) is 0 Å². The third-order valence-corrected chi connectivity index (χ3v) is 5.08. The van der Waals surface area contributed by atoms with E-state index in [1.807, 2.05) is 54.6 Å². The Balaban J connectivity index is 1.35. The molecule has 0 aliphatic rings. The van der Waals surface area contributed by atoms with E-state index in [-0.39, 0.29) is 11.7 Å². The van der Waals surface area contributed by atoms with Gasteiger partial charge in [0.25, 0.3) is 5.91 Å². The van der Waals surface area contributed by atoms with Gasteiger partial charge in [-0.25, -0.2) is 4.98 Å². The first kappa shape index (κ1) is 21.1. The van der Waals surface area contributed by atoms with E-state index < -0.39 is 6.10 Å². The molecule has 0 radical (unpaired) electrons. The summed E-state index contributed by atoms with van der Waals surface area (Å²) in [5, 5.41) is 2.82. The molecule has 1 atom stereocenters. The fourth-order valence-corrected chi connectivity index (χ4v) is 3.28. The molecule has 0 saturated carbocycles. The molecule has 1 heterocycles. The van der Waals surface area contributed by atoms with Crippen LogP contribution in [0.2, 0.25) is 0 Å². The quantitative estimate of drug-likeness (QED) is 0.435. The van der Waals surface area contributed by atoms with Crippen molar-refractivity contribution >= 4 is 17.4 Å². The van der Waals surface area contributed by atoms with Crippen molar-refractivity contribution in [2.75, 3.05) is 5.32 Å². The van der Waals surface area contributed by atoms with E-state index >= 15 is 0 Å². The molecule has 4 aromatic rings. The number of imidazole rings is 1. The highest BCUT2D eigenvalue weighted by atomic mass is 16.5. The van der Waals surface area contributed by atoms with Crippen LogP contribution in [0.4, 0.5) is 5.69 Å². The first-order chi connectivity index (χ1) is 15.5. The maximum atomic E-state index is 12.5. The van der Waals surface area contributed by atoms with Crippen LogP contribution in [-0.4, -0.2) is 27.3 Å². The van der Waals surface area contributed by atoms with Gasteiger partial charge in [-0.2, -0.15) is 0 Å². The van der Waals surface area contributed by atoms with E-state index in [1.54, 1.807) is 55.2 Å². The molecule has 0 aliphatic carbocycles. The fourth-order valence-electron chi connectivity index (χ4n) is 3.28. The van der Waals surface area contributed by atoms with Crippen LogP contribution >= 0.6 is 0 Å². The number of aromatic nitrogens is 2. The topological polar surface area (TPSA) is 73.2 Å². The van der Waals surface area contributed by atoms with Gasteiger partial charge in [0.15, 0.2) is 11.9 Å². The van der Waals surface area contributed by atoms with E-state index in [9.17, 15) is 9.59 Å². The maximum Gasteiger partial charge on any atom is 0.265 e. The van der Waals surface area contributed by atoms with E-state index in [2.05, 4.69) is 10.3 Å². The Bertz CT molecular complexity index is 1210. The molecule has 1 unspecified atom stereocenters. The first-order valence-electron chi connectivity index (χ1n) is 10.3. The number of ether oxygens (including phenoxy) is 1. The number of nitrogens with one attached hydrogen (secondary N) is 1. The molecule has 1 amide bonds. The lowest BCUT2D eigenvalue weighted by atomic mass is 10.1. The van der Waals surface area contributed by atoms with E-state index in [0.29, 0.717) is 22.8 Å². The van der Waals surface area contributed by atoms with Gasteiger partial charge in [0, 0.05) is 30.7 Å². The summed E-state index contributed by atoms with van der Waals surface area (Å²) in [6.07, 6.45) is 2.61. The summed E-state index contributed by atoms with van der Waals surface area (Å²) in [5.41, 5.74) is 3.28. The second-order valence-electron chi connectivity index (χ2n) is 7.41. The molecule has 0 fully saturated rings. The molecule has 6 nitrogen and oxygen atoms in total. The van der Waals surface area contributed by atoms with Crippen LogP contribution in [0.15, 0.2) is 91.3 Å². The highest BCUT2D eigenvalue weighted by molar-refractivity contribution is 6.07. The molecule has 0 aliphatic heterocycles. The maximum absolute atomic E-state index is 12.5. The molecule has 32 heavy (non-hydrogen) atoms. The monoisotopic (exact) mass is 425 g/mol. The Morgan fingerprint density at radius 3 is 2.19 bits per heavy atom. The lowest BCUT2D eigenvalue weighted by Gasteiger charge is -2.15. The van der Waals surface area contributed by atoms with Gasteiger partial charge in [0.1, 0.15) is 5.75 Å². The van der Waals surface area contributed by atoms with Crippen molar-refractivity contribution in [3.05, 3.63) is 103 Å². The smallest absolute Gasteiger partial charge is 0.265 e. The minimum Gasteiger partial charge on any atom is -0.481 e. The van der Waals surface area contributed by atoms with Crippen molar-refractivity contribution < 1.29 is 14.3 Å². The number of rotatable bonds is 7. The second kappa shape index (κ2) is 9.31. The Hall–Kier alpha value is -4.19. The number of carbonyl (C=O) groups excluding carboxylic acids is 2. The molecule has 6 heteroatoms. The van der Waals surface area contributed by atoms with Gasteiger partial charge in [-0.3, -0.25) is 9.59 Å². The molecule has 0 spiro atoms. The largest absolute Gasteiger partial charge is 0.481 e. The SMILES string of the molecule is CC(Oc1ccc(-c2ccccc2)cc1)C(=O)Nc1ccc(C(=O)c2nccn2C)cc1. The van der Waals surface area contributed by atoms with Gasteiger partial charge in [0.05, 0.1) is 0 Å². The molecule has 1 aromatic heterocycles. The van der Waals surface area contributed by atoms with Crippen molar-refractivity contribution in [1.82, 2.24) is 9.55 Å². The Morgan fingerprint density at radius 1 is 0.906 bits per heavy atom. The van der Waals surface area contributed by atoms with Gasteiger partial charge in [0.2, 0.25) is 5.78 Å². The van der Waals surface area contributed by atoms with Gasteiger partial charge < -0.3 is 14.6 Å². The van der Waals surface area contributed by atoms with E-state index in [1.165, 1.54) is 0 Å². The standard InChI is InChI=1S/C26H23N3O3/c1-18(32-23-14-10-20(11-15-23)19-6-4-3-5-7-19)26(31)28-22-12-8-21(9-13-22)24(30)25-27-16-17-29(25)2/h3-18H,1-2H3,(H,28,31). The summed E-state index contributed by atoms with van der Waals surface area (Å²) < 4.78 is 7.46. The lowest BCUT2D eigenvalue weighted by molar-refractivity contribution is -0.122. The van der Waals surface area contributed by atoms with Crippen LogP contribution in [-0.2, 0) is 11.8 Å². The number of nitrogens with zero attached hydrogens (tertiary/aromatic N) is 2. The lowest BCUT2D eigenvalue weighted by Crippen LogP contribution is -2.30. The zero-order valence-corrected chi connectivity index (χ0v) is 17.9. The zero-order chi connectivity index (χ0) is 22.5. The van der Waals surface area contributed by atoms with Crippen LogP contribution in [0.25, 0.3) is 11.1 Å². The van der Waals surface area contributed by atoms with Crippen molar-refractivity contribution in [2.45, 2.75) is 13.0 Å². The van der Waals surface area contributed by atoms with Crippen LogP contribution in [0, 0.1) is 0 Å². The first-order valence-corrected chi connectivity index (χ1v) is 10.3. The number of hydrogen-bond acceptors (Lipinski definition) is 4. The summed E-state index contributed by atoms with van der Waals surface area (Å²) in [6, 6.07) is 24.4. The molecular formula is C26H23N3O3. The Kier molecular flexibility index (Phi) is 6.12. The average molecular weight is 425 g/mol. The molecule has 0 saturated heterocycles. The van der Waals surface area contributed by atoms with E-state index in [0.717, 1.165) is 11.1 Å². The minimum atomic E-state index is -0.688. The summed E-state index contributed by atoms with van der Waals surface area (Å²) in [4.78, 5) is 29.1. The predicted molar refractivity (Wildman–Crippen MR) is 124 cm³/mol. The number of ketones is 1. The summed E-state index contributed by atoms with van der Waals surface area (Å²) in [5.74, 6) is 0.525. The number of hydrogen-bond donors (Lipinski definition) is 1. The van der Waals surface area contributed by atoms with Crippen LogP contribution in [0.3, 0.4) is 0 Å². The summed E-state index contributed by atoms with van der Waals surface area (Å²) in [6.45, 7) is 1.69. The molecule has 3 aromatic carbocycles. The summed E-state index contributed by atoms with van der Waals surface area (Å²) >= 11 is 0.